The number of nitrogens with zero attached hydrogens (tertiary/aromatic N) is 1. The average Bonchev–Trinajstić information content (AvgIpc) is 2.24. The minimum atomic E-state index is -1.16. The zero-order valence-electron chi connectivity index (χ0n) is 9.28. The van der Waals surface area contributed by atoms with Crippen LogP contribution >= 0.6 is 0 Å². The molecule has 1 heterocycles. The van der Waals surface area contributed by atoms with Crippen LogP contribution in [0.15, 0.2) is 17.1 Å². The fourth-order valence-electron chi connectivity index (χ4n) is 1.96. The predicted octanol–water partition coefficient (Wildman–Crippen LogP) is 1.15. The second-order valence-electron chi connectivity index (χ2n) is 4.61. The summed E-state index contributed by atoms with van der Waals surface area (Å²) in [4.78, 5) is 4.34. The number of aliphatic imine (C=N–C) groups is 1. The summed E-state index contributed by atoms with van der Waals surface area (Å²) < 4.78 is 0. The number of hydrogen-bond acceptors (Lipinski definition) is 3. The summed E-state index contributed by atoms with van der Waals surface area (Å²) in [6.07, 6.45) is -0.910. The van der Waals surface area contributed by atoms with E-state index >= 15 is 0 Å². The van der Waals surface area contributed by atoms with E-state index in [1.54, 1.807) is 13.8 Å². The first-order chi connectivity index (χ1) is 6.28. The van der Waals surface area contributed by atoms with Crippen LogP contribution in [0.1, 0.15) is 27.7 Å². The van der Waals surface area contributed by atoms with Crippen molar-refractivity contribution in [2.24, 2.45) is 10.9 Å². The van der Waals surface area contributed by atoms with Gasteiger partial charge < -0.3 is 10.2 Å². The van der Waals surface area contributed by atoms with Gasteiger partial charge in [-0.2, -0.15) is 0 Å². The highest BCUT2D eigenvalue weighted by Crippen LogP contribution is 2.32. The molecule has 14 heavy (non-hydrogen) atoms. The second-order valence-corrected chi connectivity index (χ2v) is 4.61. The van der Waals surface area contributed by atoms with Crippen molar-refractivity contribution in [3.05, 3.63) is 12.2 Å². The molecule has 0 aliphatic carbocycles. The van der Waals surface area contributed by atoms with Gasteiger partial charge in [-0.25, -0.2) is 0 Å². The monoisotopic (exact) mass is 197 g/mol. The third kappa shape index (κ3) is 1.62. The normalized spacial score (nSPS) is 37.5. The Labute approximate surface area is 85.2 Å². The van der Waals surface area contributed by atoms with Crippen LogP contribution < -0.4 is 0 Å². The molecule has 1 aliphatic rings. The molecule has 2 N–H and O–H groups in total. The molecule has 0 radical (unpaired) electrons. The maximum absolute atomic E-state index is 10.1. The SMILES string of the molecule is C=C(C)C1=NC(C(C)C)C(C)(O)C1O. The molecule has 80 valence electrons. The first-order valence-electron chi connectivity index (χ1n) is 4.92. The van der Waals surface area contributed by atoms with E-state index in [4.69, 9.17) is 0 Å². The summed E-state index contributed by atoms with van der Waals surface area (Å²) in [6, 6.07) is -0.246. The van der Waals surface area contributed by atoms with Gasteiger partial charge in [0, 0.05) is 0 Å². The van der Waals surface area contributed by atoms with E-state index in [9.17, 15) is 10.2 Å². The van der Waals surface area contributed by atoms with Crippen LogP contribution in [-0.4, -0.2) is 33.7 Å². The molecular formula is C11H19NO2. The largest absolute Gasteiger partial charge is 0.385 e. The van der Waals surface area contributed by atoms with Crippen molar-refractivity contribution >= 4 is 5.71 Å². The summed E-state index contributed by atoms with van der Waals surface area (Å²) in [7, 11) is 0. The maximum Gasteiger partial charge on any atom is 0.126 e. The molecule has 0 saturated heterocycles. The van der Waals surface area contributed by atoms with Crippen molar-refractivity contribution in [2.45, 2.75) is 45.4 Å². The number of aliphatic hydroxyl groups excluding tert-OH is 1. The quantitative estimate of drug-likeness (QED) is 0.697. The van der Waals surface area contributed by atoms with E-state index in [0.29, 0.717) is 5.71 Å². The standard InChI is InChI=1S/C11H19NO2/c1-6(2)8-10(13)11(5,14)9(12-8)7(3)4/h7,9-10,13-14H,1H2,2-5H3. The molecule has 1 rings (SSSR count). The number of rotatable bonds is 2. The van der Waals surface area contributed by atoms with E-state index in [1.807, 2.05) is 13.8 Å². The zero-order chi connectivity index (χ0) is 11.1. The molecule has 1 aliphatic heterocycles. The van der Waals surface area contributed by atoms with E-state index < -0.39 is 11.7 Å². The van der Waals surface area contributed by atoms with Crippen LogP contribution in [0.4, 0.5) is 0 Å². The summed E-state index contributed by atoms with van der Waals surface area (Å²) in [6.45, 7) is 11.1. The van der Waals surface area contributed by atoms with Crippen LogP contribution in [0.2, 0.25) is 0 Å². The van der Waals surface area contributed by atoms with Crippen molar-refractivity contribution in [1.29, 1.82) is 0 Å². The highest BCUT2D eigenvalue weighted by molar-refractivity contribution is 6.04. The lowest BCUT2D eigenvalue weighted by Gasteiger charge is -2.29. The van der Waals surface area contributed by atoms with Gasteiger partial charge in [0.15, 0.2) is 0 Å². The molecule has 0 bridgehead atoms. The van der Waals surface area contributed by atoms with Crippen LogP contribution in [0, 0.1) is 5.92 Å². The zero-order valence-corrected chi connectivity index (χ0v) is 9.28. The van der Waals surface area contributed by atoms with Gasteiger partial charge in [0.05, 0.1) is 11.8 Å². The van der Waals surface area contributed by atoms with Gasteiger partial charge in [0.2, 0.25) is 0 Å². The Balaban J connectivity index is 3.05. The van der Waals surface area contributed by atoms with Crippen LogP contribution in [0.3, 0.4) is 0 Å². The molecular weight excluding hydrogens is 178 g/mol. The van der Waals surface area contributed by atoms with Crippen LogP contribution in [0.25, 0.3) is 0 Å². The van der Waals surface area contributed by atoms with E-state index in [0.717, 1.165) is 5.57 Å². The average molecular weight is 197 g/mol. The van der Waals surface area contributed by atoms with Gasteiger partial charge in [0.1, 0.15) is 11.7 Å². The smallest absolute Gasteiger partial charge is 0.126 e. The molecule has 3 atom stereocenters. The maximum atomic E-state index is 10.1. The fraction of sp³-hybridized carbons (Fsp3) is 0.727. The van der Waals surface area contributed by atoms with Crippen molar-refractivity contribution in [3.8, 4) is 0 Å². The van der Waals surface area contributed by atoms with Crippen molar-refractivity contribution < 1.29 is 10.2 Å². The third-order valence-electron chi connectivity index (χ3n) is 2.76. The van der Waals surface area contributed by atoms with Gasteiger partial charge >= 0.3 is 0 Å². The lowest BCUT2D eigenvalue weighted by molar-refractivity contribution is -0.0436. The van der Waals surface area contributed by atoms with Gasteiger partial charge in [-0.3, -0.25) is 4.99 Å². The minimum Gasteiger partial charge on any atom is -0.385 e. The minimum absolute atomic E-state index is 0.205. The summed E-state index contributed by atoms with van der Waals surface area (Å²) in [5.74, 6) is 0.205. The Morgan fingerprint density at radius 2 is 2.07 bits per heavy atom. The Bertz CT molecular complexity index is 279. The topological polar surface area (TPSA) is 52.8 Å². The van der Waals surface area contributed by atoms with E-state index in [-0.39, 0.29) is 12.0 Å². The lowest BCUT2D eigenvalue weighted by Crippen LogP contribution is -2.48. The summed E-state index contributed by atoms with van der Waals surface area (Å²) in [5, 5.41) is 20.0. The number of aliphatic hydroxyl groups is 2. The third-order valence-corrected chi connectivity index (χ3v) is 2.76. The molecule has 0 amide bonds. The molecule has 3 nitrogen and oxygen atoms in total. The fourth-order valence-corrected chi connectivity index (χ4v) is 1.96. The Hall–Kier alpha value is -0.670. The molecule has 0 aromatic carbocycles. The van der Waals surface area contributed by atoms with Crippen molar-refractivity contribution in [2.75, 3.05) is 0 Å². The molecule has 0 saturated carbocycles. The van der Waals surface area contributed by atoms with Crippen molar-refractivity contribution in [3.63, 3.8) is 0 Å². The second kappa shape index (κ2) is 3.48. The summed E-state index contributed by atoms with van der Waals surface area (Å²) >= 11 is 0. The molecule has 3 heteroatoms. The Morgan fingerprint density at radius 3 is 2.29 bits per heavy atom. The molecule has 0 aromatic rings. The Kier molecular flexibility index (Phi) is 2.83. The van der Waals surface area contributed by atoms with Gasteiger partial charge in [-0.15, -0.1) is 0 Å². The Morgan fingerprint density at radius 1 is 1.57 bits per heavy atom. The first-order valence-corrected chi connectivity index (χ1v) is 4.92. The molecule has 0 fully saturated rings. The highest BCUT2D eigenvalue weighted by Gasteiger charge is 2.48. The molecule has 3 unspecified atom stereocenters. The molecule has 0 spiro atoms. The first kappa shape index (κ1) is 11.4. The summed E-state index contributed by atoms with van der Waals surface area (Å²) in [5.41, 5.74) is 0.0947. The van der Waals surface area contributed by atoms with Crippen LogP contribution in [-0.2, 0) is 0 Å². The van der Waals surface area contributed by atoms with Gasteiger partial charge in [-0.05, 0) is 25.3 Å². The number of hydrogen-bond donors (Lipinski definition) is 2. The van der Waals surface area contributed by atoms with E-state index in [1.165, 1.54) is 0 Å². The molecule has 0 aromatic heterocycles. The van der Waals surface area contributed by atoms with Crippen LogP contribution in [0.5, 0.6) is 0 Å². The van der Waals surface area contributed by atoms with Gasteiger partial charge in [-0.1, -0.05) is 20.4 Å². The lowest BCUT2D eigenvalue weighted by atomic mass is 9.85. The van der Waals surface area contributed by atoms with Gasteiger partial charge in [0.25, 0.3) is 0 Å². The van der Waals surface area contributed by atoms with E-state index in [2.05, 4.69) is 11.6 Å². The highest BCUT2D eigenvalue weighted by atomic mass is 16.3. The van der Waals surface area contributed by atoms with Crippen molar-refractivity contribution in [1.82, 2.24) is 0 Å². The predicted molar refractivity (Wildman–Crippen MR) is 57.5 cm³/mol.